The van der Waals surface area contributed by atoms with E-state index < -0.39 is 0 Å². The van der Waals surface area contributed by atoms with Gasteiger partial charge >= 0.3 is 0 Å². The van der Waals surface area contributed by atoms with E-state index in [9.17, 15) is 0 Å². The maximum absolute atomic E-state index is 4.42. The summed E-state index contributed by atoms with van der Waals surface area (Å²) < 4.78 is 1.86. The summed E-state index contributed by atoms with van der Waals surface area (Å²) in [6, 6.07) is 28.8. The summed E-state index contributed by atoms with van der Waals surface area (Å²) >= 11 is 0. The molecule has 0 amide bonds. The fraction of sp³-hybridized carbons (Fsp3) is 0. The molecule has 4 aromatic rings. The van der Waals surface area contributed by atoms with Gasteiger partial charge in [-0.1, -0.05) is 72.8 Å². The highest BCUT2D eigenvalue weighted by molar-refractivity contribution is 5.68. The predicted octanol–water partition coefficient (Wildman–Crippen LogP) is 4.60. The van der Waals surface area contributed by atoms with Gasteiger partial charge in [-0.15, -0.1) is 0 Å². The van der Waals surface area contributed by atoms with Crippen LogP contribution in [0.4, 0.5) is 0 Å². The molecule has 0 N–H and O–H groups in total. The molecular formula is C20H15N3. The molecule has 3 nitrogen and oxygen atoms in total. The first-order chi connectivity index (χ1) is 11.4. The van der Waals surface area contributed by atoms with Crippen molar-refractivity contribution in [3.8, 4) is 28.2 Å². The van der Waals surface area contributed by atoms with Crippen molar-refractivity contribution in [1.82, 2.24) is 14.8 Å². The van der Waals surface area contributed by atoms with Crippen LogP contribution in [-0.2, 0) is 0 Å². The van der Waals surface area contributed by atoms with Crippen LogP contribution in [0.2, 0.25) is 0 Å². The standard InChI is InChI=1S/C20H15N3/c1-3-7-16(8-4-1)17-11-13-18(14-12-17)20-21-15-22-23(20)19-9-5-2-6-10-19/h1-15H. The summed E-state index contributed by atoms with van der Waals surface area (Å²) in [5, 5.41) is 4.35. The molecule has 0 aliphatic rings. The third-order valence-electron chi connectivity index (χ3n) is 3.80. The van der Waals surface area contributed by atoms with E-state index in [0.29, 0.717) is 0 Å². The van der Waals surface area contributed by atoms with Gasteiger partial charge in [-0.2, -0.15) is 5.10 Å². The summed E-state index contributed by atoms with van der Waals surface area (Å²) in [6.07, 6.45) is 1.59. The smallest absolute Gasteiger partial charge is 0.163 e. The average molecular weight is 297 g/mol. The summed E-state index contributed by atoms with van der Waals surface area (Å²) in [4.78, 5) is 4.42. The molecule has 0 bridgehead atoms. The minimum Gasteiger partial charge on any atom is -0.215 e. The van der Waals surface area contributed by atoms with Gasteiger partial charge in [0.25, 0.3) is 0 Å². The van der Waals surface area contributed by atoms with Gasteiger partial charge in [0.05, 0.1) is 5.69 Å². The summed E-state index contributed by atoms with van der Waals surface area (Å²) in [5.74, 6) is 0.843. The van der Waals surface area contributed by atoms with E-state index in [0.717, 1.165) is 17.1 Å². The minimum atomic E-state index is 0.843. The molecule has 1 aromatic heterocycles. The van der Waals surface area contributed by atoms with E-state index in [-0.39, 0.29) is 0 Å². The highest BCUT2D eigenvalue weighted by atomic mass is 15.3. The van der Waals surface area contributed by atoms with E-state index in [1.165, 1.54) is 11.1 Å². The lowest BCUT2D eigenvalue weighted by Gasteiger charge is -2.07. The molecule has 0 unspecified atom stereocenters. The predicted molar refractivity (Wildman–Crippen MR) is 92.2 cm³/mol. The number of benzene rings is 3. The van der Waals surface area contributed by atoms with Crippen molar-refractivity contribution in [2.75, 3.05) is 0 Å². The Bertz CT molecular complexity index is 895. The second kappa shape index (κ2) is 5.89. The molecule has 110 valence electrons. The van der Waals surface area contributed by atoms with Crippen LogP contribution in [0.3, 0.4) is 0 Å². The third kappa shape index (κ3) is 2.64. The van der Waals surface area contributed by atoms with E-state index in [1.807, 2.05) is 41.1 Å². The first-order valence-corrected chi connectivity index (χ1v) is 7.53. The second-order valence-corrected chi connectivity index (χ2v) is 5.27. The molecule has 0 saturated carbocycles. The lowest BCUT2D eigenvalue weighted by Crippen LogP contribution is -1.99. The van der Waals surface area contributed by atoms with Crippen molar-refractivity contribution in [3.63, 3.8) is 0 Å². The fourth-order valence-corrected chi connectivity index (χ4v) is 2.64. The first-order valence-electron chi connectivity index (χ1n) is 7.53. The highest BCUT2D eigenvalue weighted by Gasteiger charge is 2.09. The van der Waals surface area contributed by atoms with Gasteiger partial charge < -0.3 is 0 Å². The Balaban J connectivity index is 1.72. The molecule has 0 saturated heterocycles. The number of nitrogens with zero attached hydrogens (tertiary/aromatic N) is 3. The number of para-hydroxylation sites is 1. The van der Waals surface area contributed by atoms with Crippen molar-refractivity contribution >= 4 is 0 Å². The van der Waals surface area contributed by atoms with Crippen LogP contribution >= 0.6 is 0 Å². The van der Waals surface area contributed by atoms with Crippen LogP contribution in [0, 0.1) is 0 Å². The van der Waals surface area contributed by atoms with E-state index in [2.05, 4.69) is 58.6 Å². The molecule has 23 heavy (non-hydrogen) atoms. The van der Waals surface area contributed by atoms with Gasteiger partial charge in [0.1, 0.15) is 6.33 Å². The summed E-state index contributed by atoms with van der Waals surface area (Å²) in [6.45, 7) is 0. The van der Waals surface area contributed by atoms with E-state index in [4.69, 9.17) is 0 Å². The Morgan fingerprint density at radius 3 is 1.83 bits per heavy atom. The van der Waals surface area contributed by atoms with Crippen molar-refractivity contribution < 1.29 is 0 Å². The topological polar surface area (TPSA) is 30.7 Å². The zero-order valence-corrected chi connectivity index (χ0v) is 12.5. The largest absolute Gasteiger partial charge is 0.215 e. The molecule has 0 spiro atoms. The van der Waals surface area contributed by atoms with Crippen molar-refractivity contribution in [3.05, 3.63) is 91.3 Å². The molecule has 0 aliphatic carbocycles. The zero-order valence-electron chi connectivity index (χ0n) is 12.5. The zero-order chi connectivity index (χ0) is 15.5. The number of rotatable bonds is 3. The SMILES string of the molecule is c1ccc(-c2ccc(-c3ncnn3-c3ccccc3)cc2)cc1. The van der Waals surface area contributed by atoms with Gasteiger partial charge in [0, 0.05) is 5.56 Å². The van der Waals surface area contributed by atoms with Crippen LogP contribution in [0.25, 0.3) is 28.2 Å². The van der Waals surface area contributed by atoms with Gasteiger partial charge in [-0.3, -0.25) is 0 Å². The van der Waals surface area contributed by atoms with Crippen LogP contribution < -0.4 is 0 Å². The number of hydrogen-bond acceptors (Lipinski definition) is 2. The first kappa shape index (κ1) is 13.5. The maximum Gasteiger partial charge on any atom is 0.163 e. The van der Waals surface area contributed by atoms with Crippen molar-refractivity contribution in [1.29, 1.82) is 0 Å². The lowest BCUT2D eigenvalue weighted by atomic mass is 10.0. The Kier molecular flexibility index (Phi) is 3.45. The number of aromatic nitrogens is 3. The third-order valence-corrected chi connectivity index (χ3v) is 3.80. The quantitative estimate of drug-likeness (QED) is 0.553. The molecule has 0 radical (unpaired) electrons. The molecule has 0 aliphatic heterocycles. The van der Waals surface area contributed by atoms with E-state index >= 15 is 0 Å². The van der Waals surface area contributed by atoms with Crippen LogP contribution in [0.5, 0.6) is 0 Å². The fourth-order valence-electron chi connectivity index (χ4n) is 2.64. The highest BCUT2D eigenvalue weighted by Crippen LogP contribution is 2.24. The Labute approximate surface area is 134 Å². The molecule has 3 aromatic carbocycles. The van der Waals surface area contributed by atoms with Crippen LogP contribution in [0.1, 0.15) is 0 Å². The van der Waals surface area contributed by atoms with Gasteiger partial charge in [0.15, 0.2) is 5.82 Å². The normalized spacial score (nSPS) is 10.6. The molecule has 3 heteroatoms. The monoisotopic (exact) mass is 297 g/mol. The van der Waals surface area contributed by atoms with Gasteiger partial charge in [-0.25, -0.2) is 9.67 Å². The van der Waals surface area contributed by atoms with Crippen LogP contribution in [0.15, 0.2) is 91.3 Å². The Morgan fingerprint density at radius 1 is 0.565 bits per heavy atom. The lowest BCUT2D eigenvalue weighted by molar-refractivity contribution is 0.887. The molecular weight excluding hydrogens is 282 g/mol. The number of hydrogen-bond donors (Lipinski definition) is 0. The second-order valence-electron chi connectivity index (χ2n) is 5.27. The molecule has 0 atom stereocenters. The van der Waals surface area contributed by atoms with Gasteiger partial charge in [-0.05, 0) is 23.3 Å². The van der Waals surface area contributed by atoms with Crippen molar-refractivity contribution in [2.24, 2.45) is 0 Å². The van der Waals surface area contributed by atoms with Crippen molar-refractivity contribution in [2.45, 2.75) is 0 Å². The maximum atomic E-state index is 4.42. The molecule has 1 heterocycles. The molecule has 4 rings (SSSR count). The summed E-state index contributed by atoms with van der Waals surface area (Å²) in [7, 11) is 0. The Hall–Kier alpha value is -3.20. The molecule has 0 fully saturated rings. The summed E-state index contributed by atoms with van der Waals surface area (Å²) in [5.41, 5.74) is 4.46. The van der Waals surface area contributed by atoms with Crippen LogP contribution in [-0.4, -0.2) is 14.8 Å². The average Bonchev–Trinajstić information content (AvgIpc) is 3.13. The van der Waals surface area contributed by atoms with Gasteiger partial charge in [0.2, 0.25) is 0 Å². The van der Waals surface area contributed by atoms with E-state index in [1.54, 1.807) is 6.33 Å². The minimum absolute atomic E-state index is 0.843. The Morgan fingerprint density at radius 2 is 1.13 bits per heavy atom.